The molecule has 0 spiro atoms. The molecular weight excluding hydrogens is 353 g/mol. The Bertz CT molecular complexity index is 392. The van der Waals surface area contributed by atoms with Gasteiger partial charge in [0.05, 0.1) is 15.1 Å². The molecule has 94 valence electrons. The molecule has 0 atom stereocenters. The summed E-state index contributed by atoms with van der Waals surface area (Å²) in [5.41, 5.74) is 0.676. The molecule has 0 saturated heterocycles. The molecular formula is C11H14INO3S. The van der Waals surface area contributed by atoms with Gasteiger partial charge in [-0.05, 0) is 42.0 Å². The van der Waals surface area contributed by atoms with E-state index in [-0.39, 0.29) is 11.9 Å². The van der Waals surface area contributed by atoms with Gasteiger partial charge in [-0.3, -0.25) is 9.59 Å². The van der Waals surface area contributed by atoms with Gasteiger partial charge in [0.2, 0.25) is 0 Å². The molecule has 1 heterocycles. The molecule has 0 aliphatic rings. The van der Waals surface area contributed by atoms with Gasteiger partial charge in [-0.2, -0.15) is 0 Å². The number of esters is 1. The van der Waals surface area contributed by atoms with Crippen LogP contribution in [0.15, 0.2) is 11.4 Å². The lowest BCUT2D eigenvalue weighted by Crippen LogP contribution is -2.24. The molecule has 0 radical (unpaired) electrons. The SMILES string of the molecule is CCOC(=O)CCCNC(=O)c1csc(I)c1. The average molecular weight is 367 g/mol. The van der Waals surface area contributed by atoms with Crippen LogP contribution >= 0.6 is 33.9 Å². The number of carbonyl (C=O) groups excluding carboxylic acids is 2. The smallest absolute Gasteiger partial charge is 0.305 e. The Balaban J connectivity index is 2.19. The number of rotatable bonds is 6. The molecule has 4 nitrogen and oxygen atoms in total. The second-order valence-corrected chi connectivity index (χ2v) is 6.11. The summed E-state index contributed by atoms with van der Waals surface area (Å²) < 4.78 is 5.87. The second-order valence-electron chi connectivity index (χ2n) is 3.30. The minimum Gasteiger partial charge on any atom is -0.466 e. The molecule has 1 amide bonds. The van der Waals surface area contributed by atoms with Crippen molar-refractivity contribution >= 4 is 45.8 Å². The van der Waals surface area contributed by atoms with Crippen molar-refractivity contribution in [3.05, 3.63) is 19.9 Å². The first-order chi connectivity index (χ1) is 8.13. The van der Waals surface area contributed by atoms with Crippen LogP contribution in [0.4, 0.5) is 0 Å². The standard InChI is InChI=1S/C11H14INO3S/c1-2-16-10(14)4-3-5-13-11(15)8-6-9(12)17-7-8/h6-7H,2-5H2,1H3,(H,13,15). The summed E-state index contributed by atoms with van der Waals surface area (Å²) in [5.74, 6) is -0.306. The van der Waals surface area contributed by atoms with Crippen LogP contribution in [0.1, 0.15) is 30.1 Å². The summed E-state index contributed by atoms with van der Waals surface area (Å²) in [6.07, 6.45) is 0.946. The number of halogens is 1. The van der Waals surface area contributed by atoms with Crippen LogP contribution in [0.5, 0.6) is 0 Å². The third-order valence-electron chi connectivity index (χ3n) is 1.98. The van der Waals surface area contributed by atoms with E-state index in [1.165, 1.54) is 11.3 Å². The van der Waals surface area contributed by atoms with Crippen molar-refractivity contribution < 1.29 is 14.3 Å². The molecule has 0 aliphatic carbocycles. The second kappa shape index (κ2) is 7.65. The number of carbonyl (C=O) groups is 2. The van der Waals surface area contributed by atoms with E-state index in [0.29, 0.717) is 31.6 Å². The maximum Gasteiger partial charge on any atom is 0.305 e. The fraction of sp³-hybridized carbons (Fsp3) is 0.455. The Morgan fingerprint density at radius 1 is 1.53 bits per heavy atom. The quantitative estimate of drug-likeness (QED) is 0.477. The molecule has 0 aliphatic heterocycles. The number of thiophene rings is 1. The monoisotopic (exact) mass is 367 g/mol. The normalized spacial score (nSPS) is 10.0. The Hall–Kier alpha value is -0.630. The number of hydrogen-bond acceptors (Lipinski definition) is 4. The zero-order chi connectivity index (χ0) is 12.7. The van der Waals surface area contributed by atoms with Gasteiger partial charge in [-0.25, -0.2) is 0 Å². The van der Waals surface area contributed by atoms with Crippen molar-refractivity contribution in [3.63, 3.8) is 0 Å². The van der Waals surface area contributed by atoms with Gasteiger partial charge >= 0.3 is 5.97 Å². The fourth-order valence-corrected chi connectivity index (χ4v) is 2.53. The summed E-state index contributed by atoms with van der Waals surface area (Å²) in [6, 6.07) is 1.84. The van der Waals surface area contributed by atoms with Crippen molar-refractivity contribution in [2.75, 3.05) is 13.2 Å². The van der Waals surface area contributed by atoms with Crippen LogP contribution < -0.4 is 5.32 Å². The minimum atomic E-state index is -0.216. The van der Waals surface area contributed by atoms with Gasteiger partial charge in [-0.1, -0.05) is 0 Å². The summed E-state index contributed by atoms with van der Waals surface area (Å²) in [5, 5.41) is 4.59. The van der Waals surface area contributed by atoms with Crippen LogP contribution in [0.2, 0.25) is 0 Å². The van der Waals surface area contributed by atoms with Gasteiger partial charge in [0.25, 0.3) is 5.91 Å². The van der Waals surface area contributed by atoms with E-state index in [1.54, 1.807) is 6.92 Å². The number of ether oxygens (including phenoxy) is 1. The molecule has 0 bridgehead atoms. The first-order valence-electron chi connectivity index (χ1n) is 5.31. The average Bonchev–Trinajstić information content (AvgIpc) is 2.71. The number of nitrogens with one attached hydrogen (secondary N) is 1. The van der Waals surface area contributed by atoms with Gasteiger partial charge in [0.1, 0.15) is 0 Å². The highest BCUT2D eigenvalue weighted by atomic mass is 127. The van der Waals surface area contributed by atoms with Crippen LogP contribution in [0.25, 0.3) is 0 Å². The molecule has 6 heteroatoms. The highest BCUT2D eigenvalue weighted by Gasteiger charge is 2.07. The molecule has 1 N–H and O–H groups in total. The van der Waals surface area contributed by atoms with Gasteiger partial charge < -0.3 is 10.1 Å². The zero-order valence-electron chi connectivity index (χ0n) is 9.49. The van der Waals surface area contributed by atoms with Crippen molar-refractivity contribution in [1.82, 2.24) is 5.32 Å². The summed E-state index contributed by atoms with van der Waals surface area (Å²) in [6.45, 7) is 2.67. The van der Waals surface area contributed by atoms with Gasteiger partial charge in [-0.15, -0.1) is 11.3 Å². The van der Waals surface area contributed by atoms with Crippen LogP contribution in [-0.2, 0) is 9.53 Å². The fourth-order valence-electron chi connectivity index (χ4n) is 1.20. The van der Waals surface area contributed by atoms with E-state index < -0.39 is 0 Å². The van der Waals surface area contributed by atoms with Crippen LogP contribution in [0, 0.1) is 2.88 Å². The molecule has 0 unspecified atom stereocenters. The predicted octanol–water partition coefficient (Wildman–Crippen LogP) is 2.43. The van der Waals surface area contributed by atoms with E-state index in [1.807, 2.05) is 11.4 Å². The van der Waals surface area contributed by atoms with E-state index in [4.69, 9.17) is 4.74 Å². The highest BCUT2D eigenvalue weighted by molar-refractivity contribution is 14.1. The highest BCUT2D eigenvalue weighted by Crippen LogP contribution is 2.16. The van der Waals surface area contributed by atoms with Crippen molar-refractivity contribution in [3.8, 4) is 0 Å². The lowest BCUT2D eigenvalue weighted by molar-refractivity contribution is -0.143. The molecule has 0 aromatic carbocycles. The third kappa shape index (κ3) is 5.49. The number of hydrogen-bond donors (Lipinski definition) is 1. The molecule has 17 heavy (non-hydrogen) atoms. The Morgan fingerprint density at radius 3 is 2.88 bits per heavy atom. The summed E-state index contributed by atoms with van der Waals surface area (Å²) >= 11 is 3.71. The van der Waals surface area contributed by atoms with Crippen LogP contribution in [-0.4, -0.2) is 25.0 Å². The molecule has 0 saturated carbocycles. The Kier molecular flexibility index (Phi) is 6.49. The third-order valence-corrected chi connectivity index (χ3v) is 3.77. The molecule has 0 fully saturated rings. The zero-order valence-corrected chi connectivity index (χ0v) is 12.5. The summed E-state index contributed by atoms with van der Waals surface area (Å²) in [4.78, 5) is 22.6. The molecule has 1 aromatic rings. The largest absolute Gasteiger partial charge is 0.466 e. The van der Waals surface area contributed by atoms with E-state index in [2.05, 4.69) is 27.9 Å². The topological polar surface area (TPSA) is 55.4 Å². The maximum absolute atomic E-state index is 11.6. The summed E-state index contributed by atoms with van der Waals surface area (Å²) in [7, 11) is 0. The Morgan fingerprint density at radius 2 is 2.29 bits per heavy atom. The lowest BCUT2D eigenvalue weighted by atomic mass is 10.3. The lowest BCUT2D eigenvalue weighted by Gasteiger charge is -2.03. The minimum absolute atomic E-state index is 0.0898. The van der Waals surface area contributed by atoms with Gasteiger partial charge in [0, 0.05) is 18.3 Å². The predicted molar refractivity (Wildman–Crippen MR) is 75.2 cm³/mol. The number of amides is 1. The first-order valence-corrected chi connectivity index (χ1v) is 7.27. The van der Waals surface area contributed by atoms with Crippen molar-refractivity contribution in [2.24, 2.45) is 0 Å². The van der Waals surface area contributed by atoms with Gasteiger partial charge in [0.15, 0.2) is 0 Å². The maximum atomic E-state index is 11.6. The molecule has 1 aromatic heterocycles. The van der Waals surface area contributed by atoms with E-state index in [9.17, 15) is 9.59 Å². The van der Waals surface area contributed by atoms with E-state index >= 15 is 0 Å². The first kappa shape index (κ1) is 14.4. The van der Waals surface area contributed by atoms with E-state index in [0.717, 1.165) is 2.88 Å². The van der Waals surface area contributed by atoms with Crippen molar-refractivity contribution in [2.45, 2.75) is 19.8 Å². The van der Waals surface area contributed by atoms with Crippen LogP contribution in [0.3, 0.4) is 0 Å². The Labute approximate surface area is 118 Å². The van der Waals surface area contributed by atoms with Crippen molar-refractivity contribution in [1.29, 1.82) is 0 Å². The molecule has 1 rings (SSSR count).